The lowest BCUT2D eigenvalue weighted by Crippen LogP contribution is -2.37. The molecule has 0 N–H and O–H groups in total. The molecule has 0 radical (unpaired) electrons. The Balaban J connectivity index is 1.59. The van der Waals surface area contributed by atoms with Crippen molar-refractivity contribution in [1.82, 2.24) is 14.2 Å². The zero-order valence-electron chi connectivity index (χ0n) is 21.5. The second kappa shape index (κ2) is 10.9. The predicted octanol–water partition coefficient (Wildman–Crippen LogP) is 3.92. The van der Waals surface area contributed by atoms with E-state index in [1.165, 1.54) is 27.8 Å². The number of aryl methyl sites for hydroxylation is 2. The molecule has 4 rings (SSSR count). The first-order valence-corrected chi connectivity index (χ1v) is 14.3. The molecule has 2 aromatic carbocycles. The largest absolute Gasteiger partial charge is 0.377 e. The number of ether oxygens (including phenoxy) is 1. The molecule has 36 heavy (non-hydrogen) atoms. The summed E-state index contributed by atoms with van der Waals surface area (Å²) in [6, 6.07) is 10.4. The van der Waals surface area contributed by atoms with Gasteiger partial charge in [0.15, 0.2) is 5.13 Å². The molecule has 1 amide bonds. The van der Waals surface area contributed by atoms with Crippen molar-refractivity contribution >= 4 is 42.6 Å². The first kappa shape index (κ1) is 26.7. The average molecular weight is 531 g/mol. The molecule has 8 nitrogen and oxygen atoms in total. The van der Waals surface area contributed by atoms with Gasteiger partial charge in [0.1, 0.15) is 0 Å². The molecule has 0 unspecified atom stereocenters. The van der Waals surface area contributed by atoms with Gasteiger partial charge in [-0.15, -0.1) is 0 Å². The number of hydrogen-bond acceptors (Lipinski definition) is 7. The number of hydrogen-bond donors (Lipinski definition) is 0. The lowest BCUT2D eigenvalue weighted by molar-refractivity contribution is 0.0978. The standard InChI is InChI=1S/C26H34N4O4S2/c1-18-15-19(2)24-23(16-18)35-26(27-24)30(13-12-28(3)4)25(31)20-8-10-22(11-9-20)36(32,33)29(5)17-21-7-6-14-34-21/h8-11,15-16,21H,6-7,12-14,17H2,1-5H3/t21-/m0/s1. The van der Waals surface area contributed by atoms with Crippen LogP contribution >= 0.6 is 11.3 Å². The molecule has 10 heteroatoms. The third-order valence-corrected chi connectivity index (χ3v) is 9.22. The van der Waals surface area contributed by atoms with Crippen molar-refractivity contribution in [2.24, 2.45) is 0 Å². The van der Waals surface area contributed by atoms with Gasteiger partial charge in [-0.25, -0.2) is 13.4 Å². The van der Waals surface area contributed by atoms with Gasteiger partial charge in [0.25, 0.3) is 5.91 Å². The summed E-state index contributed by atoms with van der Waals surface area (Å²) in [6.07, 6.45) is 1.74. The van der Waals surface area contributed by atoms with Crippen molar-refractivity contribution in [3.63, 3.8) is 0 Å². The second-order valence-electron chi connectivity index (χ2n) is 9.63. The van der Waals surface area contributed by atoms with Crippen LogP contribution in [0.25, 0.3) is 10.2 Å². The number of fused-ring (bicyclic) bond motifs is 1. The van der Waals surface area contributed by atoms with Crippen LogP contribution in [-0.2, 0) is 14.8 Å². The quantitative estimate of drug-likeness (QED) is 0.417. The van der Waals surface area contributed by atoms with E-state index in [9.17, 15) is 13.2 Å². The number of thiazole rings is 1. The van der Waals surface area contributed by atoms with Crippen LogP contribution < -0.4 is 4.90 Å². The summed E-state index contributed by atoms with van der Waals surface area (Å²) in [5.41, 5.74) is 3.55. The molecule has 1 saturated heterocycles. The zero-order chi connectivity index (χ0) is 26.0. The van der Waals surface area contributed by atoms with Crippen molar-refractivity contribution < 1.29 is 17.9 Å². The van der Waals surface area contributed by atoms with Crippen LogP contribution in [0.3, 0.4) is 0 Å². The molecule has 3 aromatic rings. The fourth-order valence-corrected chi connectivity index (χ4v) is 6.71. The van der Waals surface area contributed by atoms with Crippen LogP contribution in [0.2, 0.25) is 0 Å². The summed E-state index contributed by atoms with van der Waals surface area (Å²) in [6.45, 7) is 6.20. The average Bonchev–Trinajstić information content (AvgIpc) is 3.49. The number of carbonyl (C=O) groups excluding carboxylic acids is 1. The Morgan fingerprint density at radius 2 is 1.83 bits per heavy atom. The highest BCUT2D eigenvalue weighted by Gasteiger charge is 2.27. The third-order valence-electron chi connectivity index (χ3n) is 6.36. The predicted molar refractivity (Wildman–Crippen MR) is 145 cm³/mol. The second-order valence-corrected chi connectivity index (χ2v) is 12.7. The molecular formula is C26H34N4O4S2. The minimum absolute atomic E-state index is 0.0721. The van der Waals surface area contributed by atoms with Crippen LogP contribution in [0.1, 0.15) is 34.3 Å². The Labute approximate surface area is 217 Å². The van der Waals surface area contributed by atoms with Gasteiger partial charge in [0, 0.05) is 38.9 Å². The van der Waals surface area contributed by atoms with Crippen LogP contribution in [0.5, 0.6) is 0 Å². The Kier molecular flexibility index (Phi) is 8.11. The van der Waals surface area contributed by atoms with Crippen molar-refractivity contribution in [2.45, 2.75) is 37.7 Å². The monoisotopic (exact) mass is 530 g/mol. The van der Waals surface area contributed by atoms with E-state index in [-0.39, 0.29) is 16.9 Å². The minimum Gasteiger partial charge on any atom is -0.377 e. The smallest absolute Gasteiger partial charge is 0.260 e. The van der Waals surface area contributed by atoms with E-state index in [0.717, 1.165) is 34.2 Å². The van der Waals surface area contributed by atoms with E-state index in [1.54, 1.807) is 24.1 Å². The number of rotatable bonds is 9. The number of nitrogens with zero attached hydrogens (tertiary/aromatic N) is 4. The van der Waals surface area contributed by atoms with Crippen LogP contribution in [0.15, 0.2) is 41.3 Å². The number of amides is 1. The van der Waals surface area contributed by atoms with Crippen molar-refractivity contribution in [2.75, 3.05) is 52.3 Å². The molecular weight excluding hydrogens is 496 g/mol. The molecule has 1 atom stereocenters. The van der Waals surface area contributed by atoms with E-state index in [1.807, 2.05) is 25.9 Å². The number of carbonyl (C=O) groups is 1. The highest BCUT2D eigenvalue weighted by atomic mass is 32.2. The van der Waals surface area contributed by atoms with E-state index >= 15 is 0 Å². The molecule has 2 heterocycles. The first-order valence-electron chi connectivity index (χ1n) is 12.1. The van der Waals surface area contributed by atoms with Gasteiger partial charge in [-0.1, -0.05) is 17.4 Å². The maximum Gasteiger partial charge on any atom is 0.260 e. The lowest BCUT2D eigenvalue weighted by Gasteiger charge is -2.23. The van der Waals surface area contributed by atoms with Crippen LogP contribution in [0.4, 0.5) is 5.13 Å². The molecule has 0 spiro atoms. The maximum atomic E-state index is 13.6. The van der Waals surface area contributed by atoms with E-state index < -0.39 is 10.0 Å². The topological polar surface area (TPSA) is 83.1 Å². The summed E-state index contributed by atoms with van der Waals surface area (Å²) >= 11 is 1.50. The van der Waals surface area contributed by atoms with Crippen molar-refractivity contribution in [1.29, 1.82) is 0 Å². The fraction of sp³-hybridized carbons (Fsp3) is 0.462. The summed E-state index contributed by atoms with van der Waals surface area (Å²) in [5.74, 6) is -0.207. The van der Waals surface area contributed by atoms with Gasteiger partial charge in [0.05, 0.1) is 21.2 Å². The van der Waals surface area contributed by atoms with Crippen molar-refractivity contribution in [3.8, 4) is 0 Å². The van der Waals surface area contributed by atoms with Gasteiger partial charge >= 0.3 is 0 Å². The normalized spacial score (nSPS) is 16.4. The maximum absolute atomic E-state index is 13.6. The minimum atomic E-state index is -3.68. The molecule has 1 fully saturated rings. The highest BCUT2D eigenvalue weighted by molar-refractivity contribution is 7.89. The van der Waals surface area contributed by atoms with Crippen LogP contribution in [-0.4, -0.2) is 82.0 Å². The molecule has 1 aliphatic heterocycles. The third kappa shape index (κ3) is 5.78. The van der Waals surface area contributed by atoms with E-state index in [2.05, 4.69) is 19.1 Å². The molecule has 0 saturated carbocycles. The summed E-state index contributed by atoms with van der Waals surface area (Å²) in [7, 11) is 1.81. The zero-order valence-corrected chi connectivity index (χ0v) is 23.2. The number of benzene rings is 2. The number of likely N-dealkylation sites (N-methyl/N-ethyl adjacent to an activating group) is 2. The number of anilines is 1. The Hall–Kier alpha value is -2.37. The fourth-order valence-electron chi connectivity index (χ4n) is 4.34. The van der Waals surface area contributed by atoms with Gasteiger partial charge in [-0.2, -0.15) is 4.31 Å². The lowest BCUT2D eigenvalue weighted by atomic mass is 10.1. The molecule has 0 bridgehead atoms. The SMILES string of the molecule is Cc1cc(C)c2nc(N(CCN(C)C)C(=O)c3ccc(S(=O)(=O)N(C)C[C@@H]4CCCO4)cc3)sc2c1. The molecule has 0 aliphatic carbocycles. The van der Waals surface area contributed by atoms with Gasteiger partial charge in [0.2, 0.25) is 10.0 Å². The molecule has 1 aliphatic rings. The Bertz CT molecular complexity index is 1330. The van der Waals surface area contributed by atoms with E-state index in [0.29, 0.717) is 36.9 Å². The van der Waals surface area contributed by atoms with Gasteiger partial charge < -0.3 is 9.64 Å². The highest BCUT2D eigenvalue weighted by Crippen LogP contribution is 2.32. The summed E-state index contributed by atoms with van der Waals surface area (Å²) < 4.78 is 34.1. The number of aromatic nitrogens is 1. The van der Waals surface area contributed by atoms with E-state index in [4.69, 9.17) is 9.72 Å². The summed E-state index contributed by atoms with van der Waals surface area (Å²) in [5, 5.41) is 0.638. The van der Waals surface area contributed by atoms with Gasteiger partial charge in [-0.3, -0.25) is 9.69 Å². The first-order chi connectivity index (χ1) is 17.1. The molecule has 1 aromatic heterocycles. The van der Waals surface area contributed by atoms with Crippen LogP contribution in [0, 0.1) is 13.8 Å². The molecule has 194 valence electrons. The van der Waals surface area contributed by atoms with Crippen molar-refractivity contribution in [3.05, 3.63) is 53.1 Å². The Morgan fingerprint density at radius 1 is 1.11 bits per heavy atom. The summed E-state index contributed by atoms with van der Waals surface area (Å²) in [4.78, 5) is 22.3. The Morgan fingerprint density at radius 3 is 2.47 bits per heavy atom. The number of sulfonamides is 1. The van der Waals surface area contributed by atoms with Gasteiger partial charge in [-0.05, 0) is 82.2 Å².